The zero-order valence-corrected chi connectivity index (χ0v) is 16.5. The van der Waals surface area contributed by atoms with Crippen LogP contribution in [0, 0.1) is 25.7 Å². The Hall–Kier alpha value is -2.43. The highest BCUT2D eigenvalue weighted by Crippen LogP contribution is 2.31. The quantitative estimate of drug-likeness (QED) is 0.780. The van der Waals surface area contributed by atoms with E-state index >= 15 is 0 Å². The zero-order chi connectivity index (χ0) is 19.2. The number of aryl methyl sites for hydroxylation is 2. The lowest BCUT2D eigenvalue weighted by atomic mass is 9.79. The van der Waals surface area contributed by atoms with Crippen molar-refractivity contribution in [2.24, 2.45) is 11.8 Å². The maximum Gasteiger partial charge on any atom is 0.309 e. The summed E-state index contributed by atoms with van der Waals surface area (Å²) >= 11 is 0. The molecule has 0 radical (unpaired) electrons. The Kier molecular flexibility index (Phi) is 6.43. The lowest BCUT2D eigenvalue weighted by molar-refractivity contribution is -0.148. The van der Waals surface area contributed by atoms with E-state index in [1.165, 1.54) is 19.1 Å². The lowest BCUT2D eigenvalue weighted by Gasteiger charge is -2.30. The van der Waals surface area contributed by atoms with Crippen molar-refractivity contribution in [3.05, 3.63) is 53.0 Å². The summed E-state index contributed by atoms with van der Waals surface area (Å²) in [5.74, 6) is 1.84. The Morgan fingerprint density at radius 1 is 1.15 bits per heavy atom. The Labute approximate surface area is 161 Å². The molecule has 5 heteroatoms. The minimum absolute atomic E-state index is 0.0159. The third-order valence-electron chi connectivity index (χ3n) is 5.49. The molecule has 0 saturated heterocycles. The fraction of sp³-hybridized carbons (Fsp3) is 0.500. The number of ether oxygens (including phenoxy) is 1. The number of carbonyl (C=O) groups excluding carboxylic acids is 1. The summed E-state index contributed by atoms with van der Waals surface area (Å²) in [5.41, 5.74) is 3.36. The molecule has 0 aliphatic heterocycles. The second-order valence-electron chi connectivity index (χ2n) is 7.40. The zero-order valence-electron chi connectivity index (χ0n) is 16.5. The van der Waals surface area contributed by atoms with E-state index in [0.717, 1.165) is 55.1 Å². The van der Waals surface area contributed by atoms with Crippen molar-refractivity contribution in [3.8, 4) is 0 Å². The summed E-state index contributed by atoms with van der Waals surface area (Å²) < 4.78 is 5.02. The largest absolute Gasteiger partial charge is 0.469 e. The van der Waals surface area contributed by atoms with E-state index < -0.39 is 0 Å². The van der Waals surface area contributed by atoms with Gasteiger partial charge in [0.1, 0.15) is 11.6 Å². The Bertz CT molecular complexity index is 777. The first kappa shape index (κ1) is 19.3. The highest BCUT2D eigenvalue weighted by Gasteiger charge is 2.31. The number of nitrogens with zero attached hydrogens (tertiary/aromatic N) is 2. The van der Waals surface area contributed by atoms with Gasteiger partial charge in [-0.15, -0.1) is 0 Å². The summed E-state index contributed by atoms with van der Waals surface area (Å²) in [6.45, 7) is 4.69. The summed E-state index contributed by atoms with van der Waals surface area (Å²) in [6, 6.07) is 10.4. The first-order chi connectivity index (χ1) is 13.1. The molecule has 1 N–H and O–H groups in total. The van der Waals surface area contributed by atoms with Crippen LogP contribution in [0.4, 0.5) is 5.82 Å². The lowest BCUT2D eigenvalue weighted by Crippen LogP contribution is -2.33. The van der Waals surface area contributed by atoms with Crippen molar-refractivity contribution in [1.29, 1.82) is 0 Å². The SMILES string of the molecule is COC(=O)C1CCCCC1CNc1nc(C)nc(C)c1Cc1ccccc1. The third kappa shape index (κ3) is 4.85. The van der Waals surface area contributed by atoms with Gasteiger partial charge in [0.2, 0.25) is 0 Å². The smallest absolute Gasteiger partial charge is 0.309 e. The number of benzene rings is 1. The second kappa shape index (κ2) is 8.98. The number of hydrogen-bond donors (Lipinski definition) is 1. The van der Waals surface area contributed by atoms with Gasteiger partial charge < -0.3 is 10.1 Å². The molecular formula is C22H29N3O2. The van der Waals surface area contributed by atoms with Crippen molar-refractivity contribution in [3.63, 3.8) is 0 Å². The van der Waals surface area contributed by atoms with E-state index in [-0.39, 0.29) is 17.8 Å². The number of nitrogens with one attached hydrogen (secondary N) is 1. The standard InChI is InChI=1S/C22H29N3O2/c1-15-20(13-17-9-5-4-6-10-17)21(25-16(2)24-15)23-14-18-11-7-8-12-19(18)22(26)27-3/h4-6,9-10,18-19H,7-8,11-14H2,1-3H3,(H,23,24,25). The monoisotopic (exact) mass is 367 g/mol. The first-order valence-corrected chi connectivity index (χ1v) is 9.78. The van der Waals surface area contributed by atoms with Crippen LogP contribution < -0.4 is 5.32 Å². The molecule has 1 aromatic heterocycles. The Balaban J connectivity index is 1.78. The summed E-state index contributed by atoms with van der Waals surface area (Å²) in [5, 5.41) is 3.53. The predicted molar refractivity (Wildman–Crippen MR) is 107 cm³/mol. The summed E-state index contributed by atoms with van der Waals surface area (Å²) in [4.78, 5) is 21.4. The molecule has 1 aromatic carbocycles. The summed E-state index contributed by atoms with van der Waals surface area (Å²) in [6.07, 6.45) is 5.02. The first-order valence-electron chi connectivity index (χ1n) is 9.78. The number of anilines is 1. The molecule has 2 unspecified atom stereocenters. The van der Waals surface area contributed by atoms with Crippen molar-refractivity contribution >= 4 is 11.8 Å². The molecule has 1 fully saturated rings. The molecule has 0 bridgehead atoms. The fourth-order valence-corrected chi connectivity index (χ4v) is 4.04. The van der Waals surface area contributed by atoms with Gasteiger partial charge in [0, 0.05) is 24.2 Å². The molecule has 1 saturated carbocycles. The minimum Gasteiger partial charge on any atom is -0.469 e. The third-order valence-corrected chi connectivity index (χ3v) is 5.49. The normalized spacial score (nSPS) is 19.5. The molecule has 3 rings (SSSR count). The van der Waals surface area contributed by atoms with Gasteiger partial charge in [0.05, 0.1) is 13.0 Å². The van der Waals surface area contributed by atoms with Crippen molar-refractivity contribution < 1.29 is 9.53 Å². The average Bonchev–Trinajstić information content (AvgIpc) is 2.69. The van der Waals surface area contributed by atoms with Crippen LogP contribution in [0.3, 0.4) is 0 Å². The van der Waals surface area contributed by atoms with Crippen LogP contribution in [0.5, 0.6) is 0 Å². The topological polar surface area (TPSA) is 64.1 Å². The average molecular weight is 367 g/mol. The fourth-order valence-electron chi connectivity index (χ4n) is 4.04. The van der Waals surface area contributed by atoms with Crippen LogP contribution in [0.15, 0.2) is 30.3 Å². The van der Waals surface area contributed by atoms with Crippen LogP contribution in [0.2, 0.25) is 0 Å². The van der Waals surface area contributed by atoms with Crippen LogP contribution in [-0.4, -0.2) is 29.6 Å². The van der Waals surface area contributed by atoms with E-state index in [9.17, 15) is 4.79 Å². The molecule has 144 valence electrons. The van der Waals surface area contributed by atoms with Crippen LogP contribution in [0.1, 0.15) is 48.3 Å². The van der Waals surface area contributed by atoms with Gasteiger partial charge in [0.25, 0.3) is 0 Å². The maximum atomic E-state index is 12.1. The Morgan fingerprint density at radius 2 is 1.89 bits per heavy atom. The van der Waals surface area contributed by atoms with Gasteiger partial charge >= 0.3 is 5.97 Å². The highest BCUT2D eigenvalue weighted by molar-refractivity contribution is 5.72. The van der Waals surface area contributed by atoms with E-state index in [4.69, 9.17) is 4.74 Å². The highest BCUT2D eigenvalue weighted by atomic mass is 16.5. The van der Waals surface area contributed by atoms with Gasteiger partial charge in [-0.05, 0) is 38.2 Å². The number of esters is 1. The minimum atomic E-state index is -0.0824. The summed E-state index contributed by atoms with van der Waals surface area (Å²) in [7, 11) is 1.48. The van der Waals surface area contributed by atoms with Gasteiger partial charge in [-0.3, -0.25) is 4.79 Å². The molecular weight excluding hydrogens is 338 g/mol. The van der Waals surface area contributed by atoms with Crippen LogP contribution in [-0.2, 0) is 16.0 Å². The van der Waals surface area contributed by atoms with Crippen molar-refractivity contribution in [2.45, 2.75) is 46.0 Å². The van der Waals surface area contributed by atoms with Crippen molar-refractivity contribution in [2.75, 3.05) is 19.0 Å². The van der Waals surface area contributed by atoms with Crippen LogP contribution in [0.25, 0.3) is 0 Å². The number of aromatic nitrogens is 2. The molecule has 1 aliphatic rings. The van der Waals surface area contributed by atoms with Gasteiger partial charge in [-0.25, -0.2) is 9.97 Å². The molecule has 27 heavy (non-hydrogen) atoms. The number of methoxy groups -OCH3 is 1. The maximum absolute atomic E-state index is 12.1. The van der Waals surface area contributed by atoms with E-state index in [1.807, 2.05) is 19.9 Å². The van der Waals surface area contributed by atoms with Gasteiger partial charge in [-0.2, -0.15) is 0 Å². The number of carbonyl (C=O) groups is 1. The van der Waals surface area contributed by atoms with Crippen molar-refractivity contribution in [1.82, 2.24) is 9.97 Å². The number of rotatable bonds is 6. The van der Waals surface area contributed by atoms with E-state index in [0.29, 0.717) is 0 Å². The van der Waals surface area contributed by atoms with Gasteiger partial charge in [0.15, 0.2) is 0 Å². The molecule has 1 aliphatic carbocycles. The van der Waals surface area contributed by atoms with Crippen LogP contribution >= 0.6 is 0 Å². The van der Waals surface area contributed by atoms with E-state index in [2.05, 4.69) is 39.6 Å². The second-order valence-corrected chi connectivity index (χ2v) is 7.40. The molecule has 2 atom stereocenters. The molecule has 1 heterocycles. The molecule has 0 amide bonds. The van der Waals surface area contributed by atoms with E-state index in [1.54, 1.807) is 0 Å². The van der Waals surface area contributed by atoms with Gasteiger partial charge in [-0.1, -0.05) is 43.2 Å². The number of hydrogen-bond acceptors (Lipinski definition) is 5. The molecule has 5 nitrogen and oxygen atoms in total. The molecule has 0 spiro atoms. The molecule has 2 aromatic rings. The Morgan fingerprint density at radius 3 is 2.63 bits per heavy atom. The predicted octanol–water partition coefficient (Wildman–Crippen LogP) is 4.08.